The third-order valence-electron chi connectivity index (χ3n) is 2.90. The molecule has 1 aliphatic heterocycles. The number of rotatable bonds is 2. The van der Waals surface area contributed by atoms with Crippen LogP contribution in [0.1, 0.15) is 18.3 Å². The smallest absolute Gasteiger partial charge is 0.164 e. The Hall–Kier alpha value is -1.28. The van der Waals surface area contributed by atoms with Crippen LogP contribution in [0.25, 0.3) is 11.2 Å². The summed E-state index contributed by atoms with van der Waals surface area (Å²) in [5.41, 5.74) is 0.972. The quantitative estimate of drug-likeness (QED) is 0.673. The van der Waals surface area contributed by atoms with Crippen molar-refractivity contribution in [3.63, 3.8) is 0 Å². The number of hydrogen-bond donors (Lipinski definition) is 3. The zero-order chi connectivity index (χ0) is 12.7. The van der Waals surface area contributed by atoms with Gasteiger partial charge in [0.25, 0.3) is 0 Å². The monoisotopic (exact) mass is 270 g/mol. The van der Waals surface area contributed by atoms with Crippen molar-refractivity contribution in [3.05, 3.63) is 17.3 Å². The van der Waals surface area contributed by atoms with Crippen molar-refractivity contribution >= 4 is 22.8 Å². The summed E-state index contributed by atoms with van der Waals surface area (Å²) in [4.78, 5) is 15.1. The molecule has 1 aliphatic rings. The lowest BCUT2D eigenvalue weighted by Gasteiger charge is -2.12. The average molecular weight is 271 g/mol. The first-order valence-electron chi connectivity index (χ1n) is 5.50. The number of aliphatic hydroxyl groups is 2. The number of imidazole rings is 1. The highest BCUT2D eigenvalue weighted by molar-refractivity contribution is 6.33. The van der Waals surface area contributed by atoms with Crippen molar-refractivity contribution in [3.8, 4) is 0 Å². The van der Waals surface area contributed by atoms with Crippen LogP contribution >= 0.6 is 11.6 Å². The molecule has 0 unspecified atom stereocenters. The highest BCUT2D eigenvalue weighted by atomic mass is 35.5. The van der Waals surface area contributed by atoms with Crippen molar-refractivity contribution in [1.82, 2.24) is 19.9 Å². The normalized spacial score (nSPS) is 28.1. The minimum Gasteiger partial charge on any atom is -0.394 e. The van der Waals surface area contributed by atoms with Gasteiger partial charge in [0.05, 0.1) is 25.1 Å². The van der Waals surface area contributed by atoms with Crippen molar-refractivity contribution < 1.29 is 14.9 Å². The van der Waals surface area contributed by atoms with E-state index in [0.717, 1.165) is 0 Å². The first-order valence-corrected chi connectivity index (χ1v) is 5.87. The van der Waals surface area contributed by atoms with Crippen LogP contribution in [-0.2, 0) is 4.74 Å². The van der Waals surface area contributed by atoms with Gasteiger partial charge in [-0.2, -0.15) is 0 Å². The number of nitrogens with one attached hydrogen (secondary N) is 1. The van der Waals surface area contributed by atoms with Gasteiger partial charge in [0.1, 0.15) is 11.6 Å². The molecular weight excluding hydrogens is 260 g/mol. The van der Waals surface area contributed by atoms with Gasteiger partial charge in [-0.25, -0.2) is 15.0 Å². The number of fused-ring (bicyclic) bond motifs is 1. The molecule has 7 nitrogen and oxygen atoms in total. The fourth-order valence-corrected chi connectivity index (χ4v) is 2.27. The van der Waals surface area contributed by atoms with E-state index in [1.165, 1.54) is 6.33 Å². The van der Waals surface area contributed by atoms with E-state index in [9.17, 15) is 5.11 Å². The second kappa shape index (κ2) is 4.43. The molecule has 2 aromatic rings. The van der Waals surface area contributed by atoms with Crippen LogP contribution in [0.15, 0.2) is 6.33 Å². The van der Waals surface area contributed by atoms with Crippen LogP contribution in [0.4, 0.5) is 0 Å². The number of H-pyrrole nitrogens is 1. The molecule has 0 aliphatic carbocycles. The second-order valence-corrected chi connectivity index (χ2v) is 4.49. The topological polar surface area (TPSA) is 104 Å². The largest absolute Gasteiger partial charge is 0.394 e. The van der Waals surface area contributed by atoms with Crippen molar-refractivity contribution in [2.24, 2.45) is 0 Å². The van der Waals surface area contributed by atoms with Gasteiger partial charge in [0.15, 0.2) is 16.6 Å². The van der Waals surface area contributed by atoms with Gasteiger partial charge in [0.2, 0.25) is 0 Å². The van der Waals surface area contributed by atoms with Crippen LogP contribution < -0.4 is 0 Å². The summed E-state index contributed by atoms with van der Waals surface area (Å²) in [6.45, 7) is -0.145. The molecule has 3 N–H and O–H groups in total. The fraction of sp³-hybridized carbons (Fsp3) is 0.500. The summed E-state index contributed by atoms with van der Waals surface area (Å²) in [6.07, 6.45) is -0.00329. The van der Waals surface area contributed by atoms with E-state index >= 15 is 0 Å². The molecule has 3 heterocycles. The average Bonchev–Trinajstić information content (AvgIpc) is 2.95. The Morgan fingerprint density at radius 1 is 1.50 bits per heavy atom. The maximum Gasteiger partial charge on any atom is 0.164 e. The lowest BCUT2D eigenvalue weighted by atomic mass is 10.1. The van der Waals surface area contributed by atoms with E-state index in [-0.39, 0.29) is 11.8 Å². The zero-order valence-corrected chi connectivity index (χ0v) is 10.0. The van der Waals surface area contributed by atoms with E-state index in [2.05, 4.69) is 19.9 Å². The van der Waals surface area contributed by atoms with Crippen molar-refractivity contribution in [1.29, 1.82) is 0 Å². The van der Waals surface area contributed by atoms with E-state index in [0.29, 0.717) is 23.4 Å². The van der Waals surface area contributed by atoms with Crippen LogP contribution in [0.3, 0.4) is 0 Å². The standard InChI is InChI=1S/C10H11ClN4O3/c11-8-6-9(13-3-12-6)15-10(14-8)7-5(17)1-4(2-16)18-7/h3-5,7,16-17H,1-2H2,(H,12,13,14,15)/t4-,5+,7+/m0/s1. The zero-order valence-electron chi connectivity index (χ0n) is 9.25. The summed E-state index contributed by atoms with van der Waals surface area (Å²) in [5, 5.41) is 19.1. The van der Waals surface area contributed by atoms with Gasteiger partial charge >= 0.3 is 0 Å². The maximum absolute atomic E-state index is 9.87. The van der Waals surface area contributed by atoms with Gasteiger partial charge in [-0.15, -0.1) is 0 Å². The molecule has 0 spiro atoms. The lowest BCUT2D eigenvalue weighted by Crippen LogP contribution is -2.15. The molecule has 3 rings (SSSR count). The molecule has 0 saturated carbocycles. The Morgan fingerprint density at radius 2 is 2.33 bits per heavy atom. The van der Waals surface area contributed by atoms with Crippen LogP contribution in [0.5, 0.6) is 0 Å². The predicted octanol–water partition coefficient (Wildman–Crippen LogP) is 0.189. The Morgan fingerprint density at radius 3 is 3.06 bits per heavy atom. The number of aromatic nitrogens is 4. The number of halogens is 1. The van der Waals surface area contributed by atoms with Gasteiger partial charge in [0, 0.05) is 6.42 Å². The minimum absolute atomic E-state index is 0.145. The van der Waals surface area contributed by atoms with Gasteiger partial charge < -0.3 is 19.9 Å². The summed E-state index contributed by atoms with van der Waals surface area (Å²) in [5.74, 6) is 0.292. The molecule has 1 fully saturated rings. The summed E-state index contributed by atoms with van der Waals surface area (Å²) in [7, 11) is 0. The van der Waals surface area contributed by atoms with E-state index in [1.54, 1.807) is 0 Å². The van der Waals surface area contributed by atoms with E-state index in [4.69, 9.17) is 21.4 Å². The maximum atomic E-state index is 9.87. The predicted molar refractivity (Wildman–Crippen MR) is 62.0 cm³/mol. The van der Waals surface area contributed by atoms with Crippen molar-refractivity contribution in [2.75, 3.05) is 6.61 Å². The number of ether oxygens (including phenoxy) is 1. The molecule has 3 atom stereocenters. The van der Waals surface area contributed by atoms with E-state index < -0.39 is 18.3 Å². The number of hydrogen-bond acceptors (Lipinski definition) is 6. The highest BCUT2D eigenvalue weighted by Gasteiger charge is 2.37. The second-order valence-electron chi connectivity index (χ2n) is 4.14. The molecule has 1 saturated heterocycles. The summed E-state index contributed by atoms with van der Waals surface area (Å²) in [6, 6.07) is 0. The number of aromatic amines is 1. The van der Waals surface area contributed by atoms with Crippen LogP contribution in [0, 0.1) is 0 Å². The Kier molecular flexibility index (Phi) is 2.90. The summed E-state index contributed by atoms with van der Waals surface area (Å²) >= 11 is 5.98. The van der Waals surface area contributed by atoms with Gasteiger partial charge in [-0.3, -0.25) is 0 Å². The Labute approximate surface area is 107 Å². The molecule has 18 heavy (non-hydrogen) atoms. The van der Waals surface area contributed by atoms with Gasteiger partial charge in [-0.05, 0) is 0 Å². The minimum atomic E-state index is -0.751. The van der Waals surface area contributed by atoms with Crippen LogP contribution in [0.2, 0.25) is 5.15 Å². The molecule has 0 radical (unpaired) electrons. The third-order valence-corrected chi connectivity index (χ3v) is 3.17. The Bertz CT molecular complexity index is 575. The fourth-order valence-electron chi connectivity index (χ4n) is 2.04. The van der Waals surface area contributed by atoms with E-state index in [1.807, 2.05) is 0 Å². The Balaban J connectivity index is 1.99. The molecule has 0 amide bonds. The first kappa shape index (κ1) is 11.8. The molecule has 96 valence electrons. The van der Waals surface area contributed by atoms with Crippen molar-refractivity contribution in [2.45, 2.75) is 24.7 Å². The number of nitrogens with zero attached hydrogens (tertiary/aromatic N) is 3. The molecule has 8 heteroatoms. The molecular formula is C10H11ClN4O3. The van der Waals surface area contributed by atoms with Crippen LogP contribution in [-0.4, -0.2) is 49.0 Å². The molecule has 2 aromatic heterocycles. The number of aliphatic hydroxyl groups excluding tert-OH is 2. The highest BCUT2D eigenvalue weighted by Crippen LogP contribution is 2.32. The molecule has 0 bridgehead atoms. The lowest BCUT2D eigenvalue weighted by molar-refractivity contribution is -0.0150. The van der Waals surface area contributed by atoms with Gasteiger partial charge in [-0.1, -0.05) is 11.6 Å². The SMILES string of the molecule is OC[C@@H]1C[C@@H](O)[C@H](c2nc(Cl)c3nc[nH]c3n2)O1. The summed E-state index contributed by atoms with van der Waals surface area (Å²) < 4.78 is 5.47. The first-order chi connectivity index (χ1) is 8.69. The molecule has 0 aromatic carbocycles. The third kappa shape index (κ3) is 1.85.